The van der Waals surface area contributed by atoms with Crippen molar-refractivity contribution in [3.63, 3.8) is 0 Å². The predicted molar refractivity (Wildman–Crippen MR) is 107 cm³/mol. The van der Waals surface area contributed by atoms with E-state index in [0.717, 1.165) is 11.4 Å². The Kier molecular flexibility index (Phi) is 3.17. The lowest BCUT2D eigenvalue weighted by atomic mass is 9.92. The number of benzene rings is 3. The zero-order chi connectivity index (χ0) is 16.6. The van der Waals surface area contributed by atoms with Gasteiger partial charge >= 0.3 is 0 Å². The third-order valence-electron chi connectivity index (χ3n) is 4.85. The van der Waals surface area contributed by atoms with Crippen molar-refractivity contribution in [2.45, 2.75) is 0 Å². The molecule has 0 saturated heterocycles. The van der Waals surface area contributed by atoms with Gasteiger partial charge in [-0.2, -0.15) is 0 Å². The van der Waals surface area contributed by atoms with E-state index in [-0.39, 0.29) is 0 Å². The van der Waals surface area contributed by atoms with E-state index in [1.54, 1.807) is 0 Å². The number of hydrogen-bond donors (Lipinski definition) is 1. The summed E-state index contributed by atoms with van der Waals surface area (Å²) in [5.74, 6) is 0. The van der Waals surface area contributed by atoms with E-state index in [1.165, 1.54) is 33.0 Å². The fourth-order valence-electron chi connectivity index (χ4n) is 3.62. The van der Waals surface area contributed by atoms with Crippen LogP contribution in [0, 0.1) is 0 Å². The lowest BCUT2D eigenvalue weighted by molar-refractivity contribution is 1.40. The molecule has 0 saturated carbocycles. The molecule has 0 unspecified atom stereocenters. The van der Waals surface area contributed by atoms with Crippen molar-refractivity contribution < 1.29 is 0 Å². The summed E-state index contributed by atoms with van der Waals surface area (Å²) in [6.07, 6.45) is 12.8. The van der Waals surface area contributed by atoms with Crippen molar-refractivity contribution in [1.29, 1.82) is 0 Å². The third-order valence-corrected chi connectivity index (χ3v) is 4.85. The maximum atomic E-state index is 3.59. The first-order valence-electron chi connectivity index (χ1n) is 8.55. The van der Waals surface area contributed by atoms with E-state index in [2.05, 4.69) is 102 Å². The van der Waals surface area contributed by atoms with Gasteiger partial charge in [0.05, 0.1) is 0 Å². The first kappa shape index (κ1) is 14.1. The maximum Gasteiger partial charge on any atom is 0.0464 e. The summed E-state index contributed by atoms with van der Waals surface area (Å²) < 4.78 is 0. The van der Waals surface area contributed by atoms with Crippen LogP contribution in [-0.2, 0) is 0 Å². The zero-order valence-electron chi connectivity index (χ0n) is 13.7. The van der Waals surface area contributed by atoms with Crippen LogP contribution in [0.3, 0.4) is 0 Å². The molecule has 118 valence electrons. The van der Waals surface area contributed by atoms with E-state index in [9.17, 15) is 0 Å². The molecule has 0 atom stereocenters. The summed E-state index contributed by atoms with van der Waals surface area (Å²) in [6, 6.07) is 21.6. The first-order chi connectivity index (χ1) is 12.4. The van der Waals surface area contributed by atoms with Crippen LogP contribution in [-0.4, -0.2) is 0 Å². The quantitative estimate of drug-likeness (QED) is 0.553. The molecule has 1 aliphatic carbocycles. The van der Waals surface area contributed by atoms with E-state index >= 15 is 0 Å². The van der Waals surface area contributed by atoms with Crippen molar-refractivity contribution in [2.75, 3.05) is 5.32 Å². The molecule has 1 nitrogen and oxygen atoms in total. The molecule has 0 amide bonds. The van der Waals surface area contributed by atoms with Crippen LogP contribution < -0.4 is 5.32 Å². The summed E-state index contributed by atoms with van der Waals surface area (Å²) in [7, 11) is 0. The van der Waals surface area contributed by atoms with Crippen LogP contribution >= 0.6 is 0 Å². The van der Waals surface area contributed by atoms with Crippen molar-refractivity contribution >= 4 is 22.5 Å². The van der Waals surface area contributed by atoms with Gasteiger partial charge in [0.1, 0.15) is 0 Å². The molecule has 0 fully saturated rings. The minimum Gasteiger partial charge on any atom is -0.355 e. The Hall–Kier alpha value is -3.32. The predicted octanol–water partition coefficient (Wildman–Crippen LogP) is 6.33. The fourth-order valence-corrected chi connectivity index (χ4v) is 3.62. The number of allylic oxidation sites excluding steroid dienone is 6. The van der Waals surface area contributed by atoms with Crippen molar-refractivity contribution in [2.24, 2.45) is 0 Å². The van der Waals surface area contributed by atoms with E-state index in [1.807, 2.05) is 0 Å². The van der Waals surface area contributed by atoms with E-state index < -0.39 is 0 Å². The van der Waals surface area contributed by atoms with Gasteiger partial charge in [-0.25, -0.2) is 0 Å². The minimum absolute atomic E-state index is 1.15. The number of hydrogen-bond acceptors (Lipinski definition) is 1. The van der Waals surface area contributed by atoms with E-state index in [4.69, 9.17) is 0 Å². The van der Waals surface area contributed by atoms with Crippen LogP contribution in [0.2, 0.25) is 0 Å². The van der Waals surface area contributed by atoms with Gasteiger partial charge < -0.3 is 5.32 Å². The molecule has 0 aromatic heterocycles. The Labute approximate surface area is 147 Å². The molecule has 25 heavy (non-hydrogen) atoms. The van der Waals surface area contributed by atoms with Gasteiger partial charge in [-0.3, -0.25) is 0 Å². The topological polar surface area (TPSA) is 12.0 Å². The van der Waals surface area contributed by atoms with Crippen molar-refractivity contribution in [3.8, 4) is 11.1 Å². The summed E-state index contributed by atoms with van der Waals surface area (Å²) >= 11 is 0. The van der Waals surface area contributed by atoms with Crippen LogP contribution in [0.1, 0.15) is 5.56 Å². The Morgan fingerprint density at radius 2 is 1.36 bits per heavy atom. The average Bonchev–Trinajstić information content (AvgIpc) is 3.21. The highest BCUT2D eigenvalue weighted by Gasteiger charge is 2.15. The standard InChI is InChI=1S/C24H17N/c1-2-9-18(8-1)23-16-15-22-21(13-6-14-24(22)25-23)20-12-5-10-17-7-3-4-11-19(17)20/h1-16,25H. The summed E-state index contributed by atoms with van der Waals surface area (Å²) in [4.78, 5) is 0. The number of nitrogens with one attached hydrogen (secondary N) is 1. The lowest BCUT2D eigenvalue weighted by Crippen LogP contribution is -2.05. The second kappa shape index (κ2) is 5.64. The fraction of sp³-hybridized carbons (Fsp3) is 0. The molecule has 2 aliphatic rings. The second-order valence-corrected chi connectivity index (χ2v) is 6.34. The molecule has 3 aromatic carbocycles. The molecule has 1 aliphatic heterocycles. The molecule has 0 radical (unpaired) electrons. The minimum atomic E-state index is 1.15. The van der Waals surface area contributed by atoms with Gasteiger partial charge in [-0.05, 0) is 39.6 Å². The van der Waals surface area contributed by atoms with Crippen LogP contribution in [0.15, 0.2) is 102 Å². The largest absolute Gasteiger partial charge is 0.355 e. The van der Waals surface area contributed by atoms with Crippen LogP contribution in [0.4, 0.5) is 5.69 Å². The summed E-state index contributed by atoms with van der Waals surface area (Å²) in [5.41, 5.74) is 7.31. The molecular weight excluding hydrogens is 302 g/mol. The molecule has 0 spiro atoms. The van der Waals surface area contributed by atoms with E-state index in [0.29, 0.717) is 0 Å². The monoisotopic (exact) mass is 319 g/mol. The molecule has 1 heterocycles. The van der Waals surface area contributed by atoms with Crippen molar-refractivity contribution in [1.82, 2.24) is 0 Å². The highest BCUT2D eigenvalue weighted by atomic mass is 14.9. The van der Waals surface area contributed by atoms with Crippen LogP contribution in [0.25, 0.3) is 28.0 Å². The number of rotatable bonds is 1. The van der Waals surface area contributed by atoms with Crippen LogP contribution in [0.5, 0.6) is 0 Å². The smallest absolute Gasteiger partial charge is 0.0464 e. The van der Waals surface area contributed by atoms with Gasteiger partial charge in [0, 0.05) is 16.9 Å². The van der Waals surface area contributed by atoms with Gasteiger partial charge in [0.15, 0.2) is 0 Å². The maximum absolute atomic E-state index is 3.59. The summed E-state index contributed by atoms with van der Waals surface area (Å²) in [6.45, 7) is 0. The Morgan fingerprint density at radius 3 is 2.28 bits per heavy atom. The highest BCUT2D eigenvalue weighted by molar-refractivity contribution is 6.00. The third kappa shape index (κ3) is 2.33. The normalized spacial score (nSPS) is 14.9. The number of anilines is 1. The van der Waals surface area contributed by atoms with Gasteiger partial charge in [-0.1, -0.05) is 85.0 Å². The zero-order valence-corrected chi connectivity index (χ0v) is 13.7. The molecule has 5 rings (SSSR count). The molecule has 1 N–H and O–H groups in total. The first-order valence-corrected chi connectivity index (χ1v) is 8.55. The van der Waals surface area contributed by atoms with Gasteiger partial charge in [0.25, 0.3) is 0 Å². The van der Waals surface area contributed by atoms with Gasteiger partial charge in [0.2, 0.25) is 0 Å². The molecule has 1 heteroatoms. The molecular formula is C24H17N. The Morgan fingerprint density at radius 1 is 0.600 bits per heavy atom. The summed E-state index contributed by atoms with van der Waals surface area (Å²) in [5, 5.41) is 6.15. The Bertz CT molecular complexity index is 1090. The van der Waals surface area contributed by atoms with Crippen molar-refractivity contribution in [3.05, 3.63) is 108 Å². The average molecular weight is 319 g/mol. The Balaban J connectivity index is 1.69. The molecule has 0 bridgehead atoms. The highest BCUT2D eigenvalue weighted by Crippen LogP contribution is 2.37. The lowest BCUT2D eigenvalue weighted by Gasteiger charge is -2.20. The SMILES string of the molecule is C1=CC(=C2C=Cc3c(cccc3-c3cccc4ccccc34)N2)C=C1. The number of fused-ring (bicyclic) bond motifs is 2. The van der Waals surface area contributed by atoms with Gasteiger partial charge in [-0.15, -0.1) is 0 Å². The second-order valence-electron chi connectivity index (χ2n) is 6.34. The molecule has 3 aromatic rings.